The molecule has 0 radical (unpaired) electrons. The van der Waals surface area contributed by atoms with E-state index >= 15 is 0 Å². The van der Waals surface area contributed by atoms with Crippen LogP contribution in [-0.2, 0) is 7.05 Å². The van der Waals surface area contributed by atoms with Crippen LogP contribution in [0.15, 0.2) is 6.20 Å². The summed E-state index contributed by atoms with van der Waals surface area (Å²) in [6, 6.07) is 0.0164. The quantitative estimate of drug-likeness (QED) is 0.738. The first-order chi connectivity index (χ1) is 8.95. The number of aromatic nitrogens is 2. The number of hydrogen-bond donors (Lipinski definition) is 2. The fraction of sp³-hybridized carbons (Fsp3) is 0.615. The normalized spacial score (nSPS) is 12.2. The van der Waals surface area contributed by atoms with Crippen LogP contribution in [0.4, 0.5) is 0 Å². The number of carbonyl (C=O) groups excluding carboxylic acids is 1. The van der Waals surface area contributed by atoms with Crippen molar-refractivity contribution in [2.24, 2.45) is 7.05 Å². The second-order valence-electron chi connectivity index (χ2n) is 4.74. The van der Waals surface area contributed by atoms with Crippen LogP contribution in [0.2, 0.25) is 0 Å². The van der Waals surface area contributed by atoms with Gasteiger partial charge < -0.3 is 10.4 Å². The molecule has 0 unspecified atom stereocenters. The van der Waals surface area contributed by atoms with Crippen molar-refractivity contribution >= 4 is 11.9 Å². The van der Waals surface area contributed by atoms with Crippen molar-refractivity contribution in [3.05, 3.63) is 17.5 Å². The summed E-state index contributed by atoms with van der Waals surface area (Å²) in [5.74, 6) is -1.57. The SMILES string of the molecule is CCCCC[C@@H](C)NC(=O)c1nn(C)cc1C(=O)O. The van der Waals surface area contributed by atoms with E-state index in [1.54, 1.807) is 7.05 Å². The number of rotatable bonds is 7. The molecule has 6 heteroatoms. The van der Waals surface area contributed by atoms with Crippen molar-refractivity contribution in [3.63, 3.8) is 0 Å². The van der Waals surface area contributed by atoms with Crippen LogP contribution < -0.4 is 5.32 Å². The highest BCUT2D eigenvalue weighted by Crippen LogP contribution is 2.08. The van der Waals surface area contributed by atoms with Gasteiger partial charge in [0.1, 0.15) is 5.56 Å². The third kappa shape index (κ3) is 4.39. The molecule has 1 aromatic heterocycles. The van der Waals surface area contributed by atoms with Crippen molar-refractivity contribution in [1.82, 2.24) is 15.1 Å². The molecule has 2 N–H and O–H groups in total. The van der Waals surface area contributed by atoms with E-state index in [0.29, 0.717) is 0 Å². The Hall–Kier alpha value is -1.85. The molecule has 106 valence electrons. The summed E-state index contributed by atoms with van der Waals surface area (Å²) in [5, 5.41) is 15.7. The van der Waals surface area contributed by atoms with E-state index in [-0.39, 0.29) is 17.3 Å². The molecule has 0 bridgehead atoms. The Morgan fingerprint density at radius 2 is 2.16 bits per heavy atom. The average Bonchev–Trinajstić information content (AvgIpc) is 2.72. The zero-order valence-corrected chi connectivity index (χ0v) is 11.6. The molecule has 19 heavy (non-hydrogen) atoms. The highest BCUT2D eigenvalue weighted by molar-refractivity contribution is 6.03. The van der Waals surface area contributed by atoms with E-state index in [1.807, 2.05) is 6.92 Å². The molecule has 0 aromatic carbocycles. The molecular weight excluding hydrogens is 246 g/mol. The molecule has 1 aromatic rings. The number of unbranched alkanes of at least 4 members (excludes halogenated alkanes) is 2. The van der Waals surface area contributed by atoms with Gasteiger partial charge in [0.15, 0.2) is 5.69 Å². The lowest BCUT2D eigenvalue weighted by molar-refractivity contribution is 0.0690. The second-order valence-corrected chi connectivity index (χ2v) is 4.74. The van der Waals surface area contributed by atoms with Gasteiger partial charge in [0.25, 0.3) is 5.91 Å². The van der Waals surface area contributed by atoms with Gasteiger partial charge in [-0.25, -0.2) is 4.79 Å². The van der Waals surface area contributed by atoms with Gasteiger partial charge in [0.2, 0.25) is 0 Å². The first-order valence-corrected chi connectivity index (χ1v) is 6.53. The topological polar surface area (TPSA) is 84.2 Å². The number of carboxylic acids is 1. The number of aryl methyl sites for hydroxylation is 1. The lowest BCUT2D eigenvalue weighted by atomic mass is 10.1. The number of carboxylic acid groups (broad SMARTS) is 1. The summed E-state index contributed by atoms with van der Waals surface area (Å²) >= 11 is 0. The molecule has 1 atom stereocenters. The predicted octanol–water partition coefficient (Wildman–Crippen LogP) is 1.82. The Bertz CT molecular complexity index is 454. The molecule has 1 amide bonds. The molecule has 0 spiro atoms. The van der Waals surface area contributed by atoms with Crippen LogP contribution in [-0.4, -0.2) is 32.8 Å². The van der Waals surface area contributed by atoms with Crippen LogP contribution in [0.3, 0.4) is 0 Å². The minimum Gasteiger partial charge on any atom is -0.478 e. The first-order valence-electron chi connectivity index (χ1n) is 6.53. The number of carbonyl (C=O) groups is 2. The number of hydrogen-bond acceptors (Lipinski definition) is 3. The van der Waals surface area contributed by atoms with Crippen molar-refractivity contribution in [1.29, 1.82) is 0 Å². The van der Waals surface area contributed by atoms with Crippen LogP contribution in [0.5, 0.6) is 0 Å². The van der Waals surface area contributed by atoms with Crippen LogP contribution in [0.1, 0.15) is 60.4 Å². The molecule has 0 saturated heterocycles. The third-order valence-electron chi connectivity index (χ3n) is 2.89. The number of nitrogens with one attached hydrogen (secondary N) is 1. The maximum Gasteiger partial charge on any atom is 0.339 e. The number of nitrogens with zero attached hydrogens (tertiary/aromatic N) is 2. The third-order valence-corrected chi connectivity index (χ3v) is 2.89. The van der Waals surface area contributed by atoms with Gasteiger partial charge in [-0.05, 0) is 13.3 Å². The number of amides is 1. The summed E-state index contributed by atoms with van der Waals surface area (Å²) in [7, 11) is 1.59. The summed E-state index contributed by atoms with van der Waals surface area (Å²) in [4.78, 5) is 23.0. The summed E-state index contributed by atoms with van der Waals surface area (Å²) < 4.78 is 1.33. The Kier molecular flexibility index (Phi) is 5.54. The van der Waals surface area contributed by atoms with E-state index in [0.717, 1.165) is 25.7 Å². The van der Waals surface area contributed by atoms with Gasteiger partial charge in [-0.3, -0.25) is 9.48 Å². The Morgan fingerprint density at radius 3 is 2.74 bits per heavy atom. The molecule has 0 aliphatic rings. The lowest BCUT2D eigenvalue weighted by Gasteiger charge is -2.12. The van der Waals surface area contributed by atoms with Crippen LogP contribution in [0, 0.1) is 0 Å². The van der Waals surface area contributed by atoms with Crippen LogP contribution >= 0.6 is 0 Å². The van der Waals surface area contributed by atoms with E-state index in [2.05, 4.69) is 17.3 Å². The van der Waals surface area contributed by atoms with Gasteiger partial charge >= 0.3 is 5.97 Å². The minimum atomic E-state index is -1.14. The summed E-state index contributed by atoms with van der Waals surface area (Å²) in [5.41, 5.74) is -0.0990. The minimum absolute atomic E-state index is 0.0164. The Morgan fingerprint density at radius 1 is 1.47 bits per heavy atom. The maximum atomic E-state index is 12.0. The second kappa shape index (κ2) is 6.92. The van der Waals surface area contributed by atoms with Gasteiger partial charge in [-0.15, -0.1) is 0 Å². The smallest absolute Gasteiger partial charge is 0.339 e. The van der Waals surface area contributed by atoms with E-state index in [4.69, 9.17) is 5.11 Å². The molecule has 6 nitrogen and oxygen atoms in total. The Labute approximate surface area is 112 Å². The van der Waals surface area contributed by atoms with Crippen molar-refractivity contribution in [2.45, 2.75) is 45.6 Å². The average molecular weight is 267 g/mol. The molecule has 0 saturated carbocycles. The molecule has 0 aliphatic carbocycles. The van der Waals surface area contributed by atoms with Crippen LogP contribution in [0.25, 0.3) is 0 Å². The largest absolute Gasteiger partial charge is 0.478 e. The zero-order chi connectivity index (χ0) is 14.4. The molecular formula is C13H21N3O3. The van der Waals surface area contributed by atoms with E-state index in [1.165, 1.54) is 10.9 Å². The standard InChI is InChI=1S/C13H21N3O3/c1-4-5-6-7-9(2)14-12(17)11-10(13(18)19)8-16(3)15-11/h8-9H,4-7H2,1-3H3,(H,14,17)(H,18,19)/t9-/m1/s1. The number of aromatic carboxylic acids is 1. The molecule has 1 heterocycles. The molecule has 0 fully saturated rings. The lowest BCUT2D eigenvalue weighted by Crippen LogP contribution is -2.33. The van der Waals surface area contributed by atoms with Crippen molar-refractivity contribution < 1.29 is 14.7 Å². The fourth-order valence-electron chi connectivity index (χ4n) is 1.88. The van der Waals surface area contributed by atoms with Crippen molar-refractivity contribution in [2.75, 3.05) is 0 Å². The molecule has 1 rings (SSSR count). The van der Waals surface area contributed by atoms with Crippen molar-refractivity contribution in [3.8, 4) is 0 Å². The predicted molar refractivity (Wildman–Crippen MR) is 71.2 cm³/mol. The van der Waals surface area contributed by atoms with Gasteiger partial charge in [-0.2, -0.15) is 5.10 Å². The summed E-state index contributed by atoms with van der Waals surface area (Å²) in [6.45, 7) is 4.03. The zero-order valence-electron chi connectivity index (χ0n) is 11.6. The molecule has 0 aliphatic heterocycles. The highest BCUT2D eigenvalue weighted by atomic mass is 16.4. The van der Waals surface area contributed by atoms with Gasteiger partial charge in [0.05, 0.1) is 0 Å². The van der Waals surface area contributed by atoms with E-state index < -0.39 is 11.9 Å². The first kappa shape index (κ1) is 15.2. The maximum absolute atomic E-state index is 12.0. The Balaban J connectivity index is 2.65. The fourth-order valence-corrected chi connectivity index (χ4v) is 1.88. The van der Waals surface area contributed by atoms with E-state index in [9.17, 15) is 9.59 Å². The van der Waals surface area contributed by atoms with Gasteiger partial charge in [-0.1, -0.05) is 26.2 Å². The monoisotopic (exact) mass is 267 g/mol. The summed E-state index contributed by atoms with van der Waals surface area (Å²) in [6.07, 6.45) is 5.52. The highest BCUT2D eigenvalue weighted by Gasteiger charge is 2.21. The van der Waals surface area contributed by atoms with Gasteiger partial charge in [0, 0.05) is 19.3 Å².